The highest BCUT2D eigenvalue weighted by atomic mass is 19.1. The van der Waals surface area contributed by atoms with Gasteiger partial charge in [-0.15, -0.1) is 0 Å². The zero-order valence-electron chi connectivity index (χ0n) is 16.6. The predicted molar refractivity (Wildman–Crippen MR) is 116 cm³/mol. The van der Waals surface area contributed by atoms with Crippen LogP contribution in [0.4, 0.5) is 20.7 Å². The molecule has 4 aromatic rings. The van der Waals surface area contributed by atoms with E-state index >= 15 is 0 Å². The number of hydrogen-bond acceptors (Lipinski definition) is 5. The van der Waals surface area contributed by atoms with Crippen molar-refractivity contribution >= 4 is 28.6 Å². The number of ether oxygens (including phenoxy) is 1. The molecule has 1 amide bonds. The molecule has 0 unspecified atom stereocenters. The number of carbonyl (C=O) groups excluding carboxylic acids is 1. The minimum absolute atomic E-state index is 0.0409. The van der Waals surface area contributed by atoms with E-state index in [4.69, 9.17) is 10.5 Å². The van der Waals surface area contributed by atoms with Crippen LogP contribution >= 0.6 is 0 Å². The first kappa shape index (κ1) is 19.0. The summed E-state index contributed by atoms with van der Waals surface area (Å²) in [4.78, 5) is 20.6. The molecule has 2 heterocycles. The average Bonchev–Trinajstić information content (AvgIpc) is 3.36. The van der Waals surface area contributed by atoms with Crippen LogP contribution in [-0.4, -0.2) is 20.6 Å². The van der Waals surface area contributed by atoms with Crippen molar-refractivity contribution in [3.63, 3.8) is 0 Å². The van der Waals surface area contributed by atoms with Crippen LogP contribution in [0.25, 0.3) is 16.7 Å². The molecule has 0 atom stereocenters. The van der Waals surface area contributed by atoms with Crippen LogP contribution in [-0.2, 0) is 24.2 Å². The maximum absolute atomic E-state index is 14.9. The third-order valence-electron chi connectivity index (χ3n) is 5.48. The van der Waals surface area contributed by atoms with Gasteiger partial charge in [0.05, 0.1) is 11.2 Å². The molecule has 5 rings (SSSR count). The molecule has 0 bridgehead atoms. The Morgan fingerprint density at radius 1 is 1.16 bits per heavy atom. The molecule has 0 aliphatic heterocycles. The number of halogens is 1. The van der Waals surface area contributed by atoms with Crippen molar-refractivity contribution < 1.29 is 13.9 Å². The monoisotopic (exact) mass is 417 g/mol. The van der Waals surface area contributed by atoms with Crippen molar-refractivity contribution in [2.75, 3.05) is 11.1 Å². The fraction of sp³-hybridized carbons (Fsp3) is 0.174. The summed E-state index contributed by atoms with van der Waals surface area (Å²) in [5.41, 5.74) is 11.3. The molecule has 2 aromatic carbocycles. The number of anilines is 2. The molecule has 0 radical (unpaired) electrons. The standard InChI is InChI=1S/C23H20FN5O2/c24-17-11-15(9-10-18(17)28-23(30)31-12-14-5-2-1-3-6-14)29-19-8-4-7-16(19)20-21(29)22(25)27-13-26-20/h1-3,5-6,9-11,13H,4,7-8,12H2,(H,28,30)(H2,25,26,27). The fourth-order valence-corrected chi connectivity index (χ4v) is 4.10. The number of hydrogen-bond donors (Lipinski definition) is 2. The zero-order valence-corrected chi connectivity index (χ0v) is 16.6. The Hall–Kier alpha value is -3.94. The third kappa shape index (κ3) is 3.46. The Kier molecular flexibility index (Phi) is 4.74. The van der Waals surface area contributed by atoms with E-state index in [1.807, 2.05) is 34.9 Å². The summed E-state index contributed by atoms with van der Waals surface area (Å²) in [5.74, 6) is -0.218. The van der Waals surface area contributed by atoms with Gasteiger partial charge in [0.2, 0.25) is 0 Å². The largest absolute Gasteiger partial charge is 0.444 e. The highest BCUT2D eigenvalue weighted by Crippen LogP contribution is 2.36. The average molecular weight is 417 g/mol. The van der Waals surface area contributed by atoms with Gasteiger partial charge in [-0.3, -0.25) is 5.32 Å². The minimum Gasteiger partial charge on any atom is -0.444 e. The molecule has 8 heteroatoms. The first-order chi connectivity index (χ1) is 15.1. The van der Waals surface area contributed by atoms with Crippen LogP contribution < -0.4 is 11.1 Å². The van der Waals surface area contributed by atoms with E-state index < -0.39 is 11.9 Å². The minimum atomic E-state index is -0.722. The van der Waals surface area contributed by atoms with Gasteiger partial charge < -0.3 is 15.0 Å². The predicted octanol–water partition coefficient (Wildman–Crippen LogP) is 4.38. The van der Waals surface area contributed by atoms with E-state index in [1.54, 1.807) is 6.07 Å². The van der Waals surface area contributed by atoms with Gasteiger partial charge in [0.25, 0.3) is 0 Å². The lowest BCUT2D eigenvalue weighted by Crippen LogP contribution is -2.14. The van der Waals surface area contributed by atoms with Crippen LogP contribution in [0.15, 0.2) is 54.9 Å². The summed E-state index contributed by atoms with van der Waals surface area (Å²) in [5, 5.41) is 2.46. The lowest BCUT2D eigenvalue weighted by atomic mass is 10.2. The Morgan fingerprint density at radius 2 is 2.00 bits per heavy atom. The van der Waals surface area contributed by atoms with E-state index in [9.17, 15) is 9.18 Å². The third-order valence-corrected chi connectivity index (χ3v) is 5.48. The summed E-state index contributed by atoms with van der Waals surface area (Å²) in [6.45, 7) is 0.104. The van der Waals surface area contributed by atoms with Crippen molar-refractivity contribution in [1.29, 1.82) is 0 Å². The summed E-state index contributed by atoms with van der Waals surface area (Å²) in [6.07, 6.45) is 3.51. The first-order valence-electron chi connectivity index (χ1n) is 10.0. The Bertz CT molecular complexity index is 1290. The molecule has 0 spiro atoms. The van der Waals surface area contributed by atoms with Crippen LogP contribution in [0.1, 0.15) is 23.2 Å². The van der Waals surface area contributed by atoms with Crippen LogP contribution in [0.3, 0.4) is 0 Å². The molecule has 3 N–H and O–H groups in total. The SMILES string of the molecule is Nc1ncnc2c3c(n(-c4ccc(NC(=O)OCc5ccccc5)c(F)c4)c12)CCC3. The summed E-state index contributed by atoms with van der Waals surface area (Å²) in [7, 11) is 0. The van der Waals surface area contributed by atoms with E-state index in [0.29, 0.717) is 17.0 Å². The van der Waals surface area contributed by atoms with Crippen molar-refractivity contribution in [2.45, 2.75) is 25.9 Å². The molecular weight excluding hydrogens is 397 g/mol. The van der Waals surface area contributed by atoms with Crippen LogP contribution in [0, 0.1) is 5.82 Å². The van der Waals surface area contributed by atoms with Crippen LogP contribution in [0.2, 0.25) is 0 Å². The molecular formula is C23H20FN5O2. The smallest absolute Gasteiger partial charge is 0.412 e. The van der Waals surface area contributed by atoms with Gasteiger partial charge in [-0.1, -0.05) is 30.3 Å². The highest BCUT2D eigenvalue weighted by Gasteiger charge is 2.25. The quantitative estimate of drug-likeness (QED) is 0.514. The Balaban J connectivity index is 1.41. The molecule has 31 heavy (non-hydrogen) atoms. The number of aromatic nitrogens is 3. The molecule has 156 valence electrons. The number of aryl methyl sites for hydroxylation is 1. The van der Waals surface area contributed by atoms with Gasteiger partial charge in [0, 0.05) is 17.4 Å². The topological polar surface area (TPSA) is 95.1 Å². The second-order valence-electron chi connectivity index (χ2n) is 7.42. The highest BCUT2D eigenvalue weighted by molar-refractivity contribution is 5.91. The number of benzene rings is 2. The van der Waals surface area contributed by atoms with Gasteiger partial charge in [-0.25, -0.2) is 19.2 Å². The Labute approximate surface area is 177 Å². The Morgan fingerprint density at radius 3 is 2.81 bits per heavy atom. The van der Waals surface area contributed by atoms with E-state index in [2.05, 4.69) is 15.3 Å². The summed E-state index contributed by atoms with van der Waals surface area (Å²) >= 11 is 0. The fourth-order valence-electron chi connectivity index (χ4n) is 4.10. The second kappa shape index (κ2) is 7.71. The number of nitrogens with zero attached hydrogens (tertiary/aromatic N) is 3. The number of rotatable bonds is 4. The summed E-state index contributed by atoms with van der Waals surface area (Å²) in [6, 6.07) is 13.9. The number of fused-ring (bicyclic) bond motifs is 3. The van der Waals surface area contributed by atoms with Crippen molar-refractivity contribution in [3.8, 4) is 5.69 Å². The molecule has 1 aliphatic carbocycles. The normalized spacial score (nSPS) is 12.7. The lowest BCUT2D eigenvalue weighted by molar-refractivity contribution is 0.155. The van der Waals surface area contributed by atoms with Gasteiger partial charge >= 0.3 is 6.09 Å². The van der Waals surface area contributed by atoms with Crippen molar-refractivity contribution in [1.82, 2.24) is 14.5 Å². The molecule has 7 nitrogen and oxygen atoms in total. The van der Waals surface area contributed by atoms with Crippen molar-refractivity contribution in [3.05, 3.63) is 77.5 Å². The van der Waals surface area contributed by atoms with Crippen molar-refractivity contribution in [2.24, 2.45) is 0 Å². The molecule has 0 saturated heterocycles. The van der Waals surface area contributed by atoms with E-state index in [0.717, 1.165) is 41.6 Å². The molecule has 1 aliphatic rings. The summed E-state index contributed by atoms with van der Waals surface area (Å²) < 4.78 is 22.0. The number of carbonyl (C=O) groups is 1. The first-order valence-corrected chi connectivity index (χ1v) is 10.0. The zero-order chi connectivity index (χ0) is 21.4. The van der Waals surface area contributed by atoms with E-state index in [-0.39, 0.29) is 12.3 Å². The van der Waals surface area contributed by atoms with Gasteiger partial charge in [-0.2, -0.15) is 0 Å². The number of nitrogens with two attached hydrogens (primary N) is 1. The van der Waals surface area contributed by atoms with Gasteiger partial charge in [0.1, 0.15) is 24.3 Å². The second-order valence-corrected chi connectivity index (χ2v) is 7.42. The lowest BCUT2D eigenvalue weighted by Gasteiger charge is -2.13. The molecule has 0 saturated carbocycles. The van der Waals surface area contributed by atoms with Gasteiger partial charge in [0.15, 0.2) is 5.82 Å². The molecule has 0 fully saturated rings. The maximum Gasteiger partial charge on any atom is 0.412 e. The van der Waals surface area contributed by atoms with E-state index in [1.165, 1.54) is 18.5 Å². The van der Waals surface area contributed by atoms with Crippen LogP contribution in [0.5, 0.6) is 0 Å². The number of nitrogens with one attached hydrogen (secondary N) is 1. The number of nitrogen functional groups attached to an aromatic ring is 1. The molecule has 2 aromatic heterocycles. The van der Waals surface area contributed by atoms with Gasteiger partial charge in [-0.05, 0) is 42.5 Å². The maximum atomic E-state index is 14.9. The number of amides is 1.